The second-order valence-electron chi connectivity index (χ2n) is 3.77. The zero-order valence-electron chi connectivity index (χ0n) is 7.68. The van der Waals surface area contributed by atoms with Crippen LogP contribution in [-0.4, -0.2) is 43.8 Å². The first-order valence-corrected chi connectivity index (χ1v) is 5.15. The molecule has 0 aromatic rings. The van der Waals surface area contributed by atoms with Crippen LogP contribution in [-0.2, 0) is 0 Å². The van der Waals surface area contributed by atoms with E-state index in [2.05, 4.69) is 15.5 Å². The van der Waals surface area contributed by atoms with Crippen molar-refractivity contribution in [2.24, 2.45) is 0 Å². The van der Waals surface area contributed by atoms with Gasteiger partial charge in [0.1, 0.15) is 0 Å². The van der Waals surface area contributed by atoms with Crippen molar-refractivity contribution in [2.75, 3.05) is 32.7 Å². The van der Waals surface area contributed by atoms with Gasteiger partial charge in [-0.1, -0.05) is 6.42 Å². The molecule has 0 radical (unpaired) electrons. The third-order valence-corrected chi connectivity index (χ3v) is 2.85. The third-order valence-electron chi connectivity index (χ3n) is 2.85. The molecule has 2 aliphatic heterocycles. The van der Waals surface area contributed by atoms with Gasteiger partial charge in [-0.3, -0.25) is 10.2 Å². The van der Waals surface area contributed by atoms with E-state index < -0.39 is 0 Å². The summed E-state index contributed by atoms with van der Waals surface area (Å²) >= 11 is 0. The Kier molecular flexibility index (Phi) is 2.98. The second-order valence-corrected chi connectivity index (χ2v) is 3.77. The van der Waals surface area contributed by atoms with Gasteiger partial charge < -0.3 is 5.32 Å². The van der Waals surface area contributed by atoms with Crippen molar-refractivity contribution in [3.63, 3.8) is 0 Å². The molecule has 1 atom stereocenters. The monoisotopic (exact) mass is 169 g/mol. The number of likely N-dealkylation sites (tertiary alicyclic amines) is 1. The van der Waals surface area contributed by atoms with E-state index in [4.69, 9.17) is 0 Å². The summed E-state index contributed by atoms with van der Waals surface area (Å²) in [4.78, 5) is 2.58. The molecular formula is C9H19N3. The zero-order chi connectivity index (χ0) is 8.23. The molecule has 0 aromatic heterocycles. The predicted molar refractivity (Wildman–Crippen MR) is 50.1 cm³/mol. The topological polar surface area (TPSA) is 27.3 Å². The molecule has 2 heterocycles. The molecule has 0 saturated carbocycles. The molecular weight excluding hydrogens is 150 g/mol. The van der Waals surface area contributed by atoms with Gasteiger partial charge in [-0.05, 0) is 25.9 Å². The molecule has 2 N–H and O–H groups in total. The average Bonchev–Trinajstić information content (AvgIpc) is 2.21. The molecule has 3 heteroatoms. The Morgan fingerprint density at radius 1 is 1.00 bits per heavy atom. The van der Waals surface area contributed by atoms with Crippen molar-refractivity contribution >= 4 is 0 Å². The maximum Gasteiger partial charge on any atom is 0.0726 e. The molecule has 0 aliphatic carbocycles. The standard InChI is InChI=1S/C9H19N3/c1-2-6-12(7-3-1)9-8-10-4-5-11-9/h9-11H,1-8H2. The Bertz CT molecular complexity index is 110. The number of piperazine rings is 1. The summed E-state index contributed by atoms with van der Waals surface area (Å²) in [6.07, 6.45) is 4.81. The average molecular weight is 169 g/mol. The lowest BCUT2D eigenvalue weighted by molar-refractivity contribution is 0.123. The summed E-state index contributed by atoms with van der Waals surface area (Å²) in [6.45, 7) is 5.96. The normalized spacial score (nSPS) is 33.5. The second kappa shape index (κ2) is 4.21. The van der Waals surface area contributed by atoms with E-state index in [1.54, 1.807) is 0 Å². The maximum absolute atomic E-state index is 3.55. The lowest BCUT2D eigenvalue weighted by Crippen LogP contribution is -2.58. The van der Waals surface area contributed by atoms with Crippen LogP contribution < -0.4 is 10.6 Å². The number of nitrogens with zero attached hydrogens (tertiary/aromatic N) is 1. The number of nitrogens with one attached hydrogen (secondary N) is 2. The highest BCUT2D eigenvalue weighted by atomic mass is 15.3. The quantitative estimate of drug-likeness (QED) is 0.578. The fourth-order valence-electron chi connectivity index (χ4n) is 2.13. The van der Waals surface area contributed by atoms with Gasteiger partial charge >= 0.3 is 0 Å². The van der Waals surface area contributed by atoms with Crippen molar-refractivity contribution in [1.82, 2.24) is 15.5 Å². The van der Waals surface area contributed by atoms with Crippen molar-refractivity contribution < 1.29 is 0 Å². The van der Waals surface area contributed by atoms with Crippen LogP contribution in [0.3, 0.4) is 0 Å². The smallest absolute Gasteiger partial charge is 0.0726 e. The molecule has 0 bridgehead atoms. The highest BCUT2D eigenvalue weighted by molar-refractivity contribution is 4.78. The van der Waals surface area contributed by atoms with Gasteiger partial charge in [-0.2, -0.15) is 0 Å². The number of piperidine rings is 1. The van der Waals surface area contributed by atoms with Gasteiger partial charge in [0.05, 0.1) is 6.17 Å². The van der Waals surface area contributed by atoms with Crippen molar-refractivity contribution in [2.45, 2.75) is 25.4 Å². The fraction of sp³-hybridized carbons (Fsp3) is 1.00. The Balaban J connectivity index is 1.80. The first kappa shape index (κ1) is 8.48. The molecule has 0 amide bonds. The largest absolute Gasteiger partial charge is 0.313 e. The Hall–Kier alpha value is -0.120. The van der Waals surface area contributed by atoms with E-state index in [-0.39, 0.29) is 0 Å². The van der Waals surface area contributed by atoms with Crippen LogP contribution in [0.25, 0.3) is 0 Å². The molecule has 12 heavy (non-hydrogen) atoms. The summed E-state index contributed by atoms with van der Waals surface area (Å²) in [5.74, 6) is 0. The summed E-state index contributed by atoms with van der Waals surface area (Å²) in [5, 5.41) is 6.98. The zero-order valence-corrected chi connectivity index (χ0v) is 7.68. The first-order valence-electron chi connectivity index (χ1n) is 5.15. The van der Waals surface area contributed by atoms with Crippen LogP contribution in [0.5, 0.6) is 0 Å². The van der Waals surface area contributed by atoms with Gasteiger partial charge in [-0.15, -0.1) is 0 Å². The highest BCUT2D eigenvalue weighted by Gasteiger charge is 2.21. The first-order chi connectivity index (χ1) is 5.97. The Morgan fingerprint density at radius 2 is 1.83 bits per heavy atom. The molecule has 2 aliphatic rings. The van der Waals surface area contributed by atoms with Crippen molar-refractivity contribution in [3.05, 3.63) is 0 Å². The van der Waals surface area contributed by atoms with Crippen molar-refractivity contribution in [1.29, 1.82) is 0 Å². The molecule has 0 aromatic carbocycles. The molecule has 2 saturated heterocycles. The fourth-order valence-corrected chi connectivity index (χ4v) is 2.13. The highest BCUT2D eigenvalue weighted by Crippen LogP contribution is 2.11. The van der Waals surface area contributed by atoms with Gasteiger partial charge in [0.2, 0.25) is 0 Å². The van der Waals surface area contributed by atoms with E-state index in [0.29, 0.717) is 6.17 Å². The van der Waals surface area contributed by atoms with E-state index in [0.717, 1.165) is 19.6 Å². The Labute approximate surface area is 74.5 Å². The van der Waals surface area contributed by atoms with Crippen LogP contribution in [0.2, 0.25) is 0 Å². The molecule has 2 fully saturated rings. The number of hydrogen-bond acceptors (Lipinski definition) is 3. The van der Waals surface area contributed by atoms with Gasteiger partial charge in [0.15, 0.2) is 0 Å². The van der Waals surface area contributed by atoms with Gasteiger partial charge in [0, 0.05) is 19.6 Å². The van der Waals surface area contributed by atoms with E-state index in [1.807, 2.05) is 0 Å². The third kappa shape index (κ3) is 1.97. The summed E-state index contributed by atoms with van der Waals surface area (Å²) in [5.41, 5.74) is 0. The van der Waals surface area contributed by atoms with E-state index in [9.17, 15) is 0 Å². The molecule has 3 nitrogen and oxygen atoms in total. The molecule has 2 rings (SSSR count). The molecule has 0 spiro atoms. The number of rotatable bonds is 1. The summed E-state index contributed by atoms with van der Waals surface area (Å²) in [6, 6.07) is 0. The predicted octanol–water partition coefficient (Wildman–Crippen LogP) is -0.00880. The van der Waals surface area contributed by atoms with Crippen LogP contribution in [0.1, 0.15) is 19.3 Å². The molecule has 1 unspecified atom stereocenters. The van der Waals surface area contributed by atoms with Crippen molar-refractivity contribution in [3.8, 4) is 0 Å². The minimum absolute atomic E-state index is 0.610. The Morgan fingerprint density at radius 3 is 2.50 bits per heavy atom. The minimum Gasteiger partial charge on any atom is -0.313 e. The van der Waals surface area contributed by atoms with Crippen LogP contribution in [0, 0.1) is 0 Å². The lowest BCUT2D eigenvalue weighted by Gasteiger charge is -2.37. The summed E-state index contributed by atoms with van der Waals surface area (Å²) < 4.78 is 0. The van der Waals surface area contributed by atoms with E-state index in [1.165, 1.54) is 32.4 Å². The lowest BCUT2D eigenvalue weighted by atomic mass is 10.1. The van der Waals surface area contributed by atoms with Crippen LogP contribution >= 0.6 is 0 Å². The number of hydrogen-bond donors (Lipinski definition) is 2. The van der Waals surface area contributed by atoms with Gasteiger partial charge in [0.25, 0.3) is 0 Å². The maximum atomic E-state index is 3.55. The molecule has 70 valence electrons. The SMILES string of the molecule is C1CCN(C2CNCCN2)CC1. The van der Waals surface area contributed by atoms with E-state index >= 15 is 0 Å². The van der Waals surface area contributed by atoms with Gasteiger partial charge in [-0.25, -0.2) is 0 Å². The summed E-state index contributed by atoms with van der Waals surface area (Å²) in [7, 11) is 0. The van der Waals surface area contributed by atoms with Crippen LogP contribution in [0.4, 0.5) is 0 Å². The van der Waals surface area contributed by atoms with Crippen LogP contribution in [0.15, 0.2) is 0 Å². The minimum atomic E-state index is 0.610.